The molecule has 1 saturated heterocycles. The average molecular weight is 381 g/mol. The maximum atomic E-state index is 11.7. The van der Waals surface area contributed by atoms with Gasteiger partial charge in [0.05, 0.1) is 5.69 Å². The van der Waals surface area contributed by atoms with Crippen LogP contribution in [-0.4, -0.2) is 28.9 Å². The zero-order valence-electron chi connectivity index (χ0n) is 15.9. The summed E-state index contributed by atoms with van der Waals surface area (Å²) in [5.74, 6) is 0.886. The SMILES string of the molecule is CCc1cc2c(cc1Cl)C=Cc1cccnc1C2C1CCN(C(C)=O)CC1. The van der Waals surface area contributed by atoms with Gasteiger partial charge in [-0.3, -0.25) is 9.78 Å². The summed E-state index contributed by atoms with van der Waals surface area (Å²) in [6.07, 6.45) is 9.15. The van der Waals surface area contributed by atoms with Gasteiger partial charge < -0.3 is 4.90 Å². The van der Waals surface area contributed by atoms with E-state index in [1.807, 2.05) is 17.2 Å². The van der Waals surface area contributed by atoms with Gasteiger partial charge in [-0.25, -0.2) is 0 Å². The van der Waals surface area contributed by atoms with Crippen molar-refractivity contribution in [3.63, 3.8) is 0 Å². The molecule has 3 nitrogen and oxygen atoms in total. The van der Waals surface area contributed by atoms with Crippen LogP contribution in [0.4, 0.5) is 0 Å². The van der Waals surface area contributed by atoms with Crippen LogP contribution < -0.4 is 0 Å². The van der Waals surface area contributed by atoms with Gasteiger partial charge in [0.15, 0.2) is 0 Å². The number of likely N-dealkylation sites (tertiary alicyclic amines) is 1. The number of fused-ring (bicyclic) bond motifs is 2. The predicted octanol–water partition coefficient (Wildman–Crippen LogP) is 5.17. The van der Waals surface area contributed by atoms with E-state index >= 15 is 0 Å². The van der Waals surface area contributed by atoms with Gasteiger partial charge in [0.2, 0.25) is 5.91 Å². The first-order chi connectivity index (χ1) is 13.1. The molecule has 0 N–H and O–H groups in total. The zero-order chi connectivity index (χ0) is 19.0. The van der Waals surface area contributed by atoms with Gasteiger partial charge in [0.1, 0.15) is 0 Å². The lowest BCUT2D eigenvalue weighted by atomic mass is 9.76. The lowest BCUT2D eigenvalue weighted by Gasteiger charge is -2.36. The second-order valence-electron chi connectivity index (χ2n) is 7.56. The first-order valence-corrected chi connectivity index (χ1v) is 10.2. The Kier molecular flexibility index (Phi) is 5.05. The average Bonchev–Trinajstić information content (AvgIpc) is 2.84. The monoisotopic (exact) mass is 380 g/mol. The molecular formula is C23H25ClN2O. The van der Waals surface area contributed by atoms with E-state index in [9.17, 15) is 4.79 Å². The Morgan fingerprint density at radius 3 is 2.67 bits per heavy atom. The Morgan fingerprint density at radius 1 is 1.22 bits per heavy atom. The quantitative estimate of drug-likeness (QED) is 0.719. The van der Waals surface area contributed by atoms with Crippen molar-refractivity contribution in [1.29, 1.82) is 0 Å². The van der Waals surface area contributed by atoms with Gasteiger partial charge in [-0.2, -0.15) is 0 Å². The van der Waals surface area contributed by atoms with Crippen LogP contribution in [0.3, 0.4) is 0 Å². The third-order valence-corrected chi connectivity index (χ3v) is 6.38. The lowest BCUT2D eigenvalue weighted by Crippen LogP contribution is -2.38. The molecule has 1 unspecified atom stereocenters. The fourth-order valence-electron chi connectivity index (χ4n) is 4.52. The molecule has 0 spiro atoms. The number of hydrogen-bond donors (Lipinski definition) is 0. The summed E-state index contributed by atoms with van der Waals surface area (Å²) >= 11 is 6.52. The van der Waals surface area contributed by atoms with Gasteiger partial charge in [-0.1, -0.05) is 42.8 Å². The Hall–Kier alpha value is -2.13. The van der Waals surface area contributed by atoms with Crippen LogP contribution >= 0.6 is 11.6 Å². The lowest BCUT2D eigenvalue weighted by molar-refractivity contribution is -0.130. The second kappa shape index (κ2) is 7.47. The number of halogens is 1. The molecule has 140 valence electrons. The van der Waals surface area contributed by atoms with Crippen molar-refractivity contribution in [3.05, 3.63) is 63.4 Å². The van der Waals surface area contributed by atoms with E-state index in [2.05, 4.69) is 37.3 Å². The van der Waals surface area contributed by atoms with E-state index in [0.717, 1.165) is 43.1 Å². The molecule has 4 heteroatoms. The third-order valence-electron chi connectivity index (χ3n) is 6.03. The molecule has 2 aliphatic rings. The normalized spacial score (nSPS) is 19.4. The number of pyridine rings is 1. The number of hydrogen-bond acceptors (Lipinski definition) is 2. The van der Waals surface area contributed by atoms with Gasteiger partial charge in [0, 0.05) is 37.2 Å². The number of piperidine rings is 1. The van der Waals surface area contributed by atoms with Crippen LogP contribution in [0.25, 0.3) is 12.2 Å². The summed E-state index contributed by atoms with van der Waals surface area (Å²) in [6, 6.07) is 8.54. The summed E-state index contributed by atoms with van der Waals surface area (Å²) in [5.41, 5.74) is 6.04. The zero-order valence-corrected chi connectivity index (χ0v) is 16.7. The molecule has 1 amide bonds. The van der Waals surface area contributed by atoms with E-state index < -0.39 is 0 Å². The molecule has 2 heterocycles. The van der Waals surface area contributed by atoms with E-state index in [-0.39, 0.29) is 11.8 Å². The maximum absolute atomic E-state index is 11.7. The van der Waals surface area contributed by atoms with E-state index in [4.69, 9.17) is 16.6 Å². The number of aromatic nitrogens is 1. The second-order valence-corrected chi connectivity index (χ2v) is 7.97. The first kappa shape index (κ1) is 18.2. The van der Waals surface area contributed by atoms with Crippen LogP contribution in [-0.2, 0) is 11.2 Å². The highest BCUT2D eigenvalue weighted by molar-refractivity contribution is 6.31. The highest BCUT2D eigenvalue weighted by atomic mass is 35.5. The van der Waals surface area contributed by atoms with Gasteiger partial charge >= 0.3 is 0 Å². The molecule has 1 atom stereocenters. The molecule has 27 heavy (non-hydrogen) atoms. The Labute approximate surface area is 166 Å². The largest absolute Gasteiger partial charge is 0.343 e. The van der Waals surface area contributed by atoms with Gasteiger partial charge in [-0.15, -0.1) is 0 Å². The van der Waals surface area contributed by atoms with Crippen molar-refractivity contribution in [2.75, 3.05) is 13.1 Å². The van der Waals surface area contributed by atoms with Crippen molar-refractivity contribution < 1.29 is 4.79 Å². The molecule has 4 rings (SSSR count). The number of rotatable bonds is 2. The number of nitrogens with zero attached hydrogens (tertiary/aromatic N) is 2. The summed E-state index contributed by atoms with van der Waals surface area (Å²) in [4.78, 5) is 18.5. The Bertz CT molecular complexity index is 897. The van der Waals surface area contributed by atoms with Crippen molar-refractivity contribution >= 4 is 29.7 Å². The first-order valence-electron chi connectivity index (χ1n) is 9.79. The predicted molar refractivity (Wildman–Crippen MR) is 111 cm³/mol. The minimum atomic E-state index is 0.176. The standard InChI is InChI=1S/C23H25ClN2O/c1-3-16-13-20-19(14-21(16)24)7-6-18-5-4-10-25-23(18)22(20)17-8-11-26(12-9-17)15(2)27/h4-7,10,13-14,17,22H,3,8-9,11-12H2,1-2H3. The van der Waals surface area contributed by atoms with Crippen molar-refractivity contribution in [3.8, 4) is 0 Å². The van der Waals surface area contributed by atoms with E-state index in [0.29, 0.717) is 5.92 Å². The number of carbonyl (C=O) groups is 1. The molecular weight excluding hydrogens is 356 g/mol. The number of aryl methyl sites for hydroxylation is 1. The topological polar surface area (TPSA) is 33.2 Å². The Morgan fingerprint density at radius 2 is 1.96 bits per heavy atom. The van der Waals surface area contributed by atoms with Crippen LogP contribution in [0.2, 0.25) is 5.02 Å². The van der Waals surface area contributed by atoms with Crippen LogP contribution in [0.15, 0.2) is 30.5 Å². The molecule has 2 aromatic rings. The molecule has 1 aromatic heterocycles. The minimum Gasteiger partial charge on any atom is -0.343 e. The van der Waals surface area contributed by atoms with Crippen LogP contribution in [0.1, 0.15) is 60.6 Å². The summed E-state index contributed by atoms with van der Waals surface area (Å²) in [7, 11) is 0. The highest BCUT2D eigenvalue weighted by Crippen LogP contribution is 2.43. The molecule has 1 fully saturated rings. The molecule has 1 aliphatic carbocycles. The van der Waals surface area contributed by atoms with Crippen LogP contribution in [0.5, 0.6) is 0 Å². The molecule has 0 bridgehead atoms. The molecule has 0 saturated carbocycles. The number of carbonyl (C=O) groups excluding carboxylic acids is 1. The molecule has 1 aliphatic heterocycles. The van der Waals surface area contributed by atoms with Gasteiger partial charge in [-0.05, 0) is 59.6 Å². The van der Waals surface area contributed by atoms with Crippen molar-refractivity contribution in [2.45, 2.75) is 39.0 Å². The summed E-state index contributed by atoms with van der Waals surface area (Å²) < 4.78 is 0. The fraction of sp³-hybridized carbons (Fsp3) is 0.391. The number of benzene rings is 1. The number of amides is 1. The van der Waals surface area contributed by atoms with E-state index in [1.54, 1.807) is 6.92 Å². The van der Waals surface area contributed by atoms with Crippen molar-refractivity contribution in [2.24, 2.45) is 5.92 Å². The third kappa shape index (κ3) is 3.41. The van der Waals surface area contributed by atoms with E-state index in [1.165, 1.54) is 22.3 Å². The van der Waals surface area contributed by atoms with Crippen molar-refractivity contribution in [1.82, 2.24) is 9.88 Å². The summed E-state index contributed by atoms with van der Waals surface area (Å²) in [6.45, 7) is 5.47. The Balaban J connectivity index is 1.80. The minimum absolute atomic E-state index is 0.176. The molecule has 1 aromatic carbocycles. The van der Waals surface area contributed by atoms with Gasteiger partial charge in [0.25, 0.3) is 0 Å². The van der Waals surface area contributed by atoms with Crippen LogP contribution in [0, 0.1) is 5.92 Å². The molecule has 0 radical (unpaired) electrons. The summed E-state index contributed by atoms with van der Waals surface area (Å²) in [5, 5.41) is 0.838. The highest BCUT2D eigenvalue weighted by Gasteiger charge is 2.33. The fourth-order valence-corrected chi connectivity index (χ4v) is 4.83. The smallest absolute Gasteiger partial charge is 0.219 e. The maximum Gasteiger partial charge on any atom is 0.219 e.